The van der Waals surface area contributed by atoms with Crippen LogP contribution in [0.3, 0.4) is 0 Å². The zero-order chi connectivity index (χ0) is 20.9. The molecule has 4 nitrogen and oxygen atoms in total. The summed E-state index contributed by atoms with van der Waals surface area (Å²) < 4.78 is 11.6. The number of benzene rings is 1. The first-order valence-electron chi connectivity index (χ1n) is 10.9. The Balaban J connectivity index is 1.83. The van der Waals surface area contributed by atoms with Gasteiger partial charge < -0.3 is 14.1 Å². The van der Waals surface area contributed by atoms with E-state index in [0.29, 0.717) is 18.9 Å². The van der Waals surface area contributed by atoms with Crippen molar-refractivity contribution in [1.29, 1.82) is 0 Å². The number of hydrogen-bond donors (Lipinski definition) is 0. The fourth-order valence-electron chi connectivity index (χ4n) is 4.38. The van der Waals surface area contributed by atoms with Crippen molar-refractivity contribution in [3.05, 3.63) is 59.5 Å². The lowest BCUT2D eigenvalue weighted by Gasteiger charge is -2.44. The second kappa shape index (κ2) is 9.62. The Morgan fingerprint density at radius 1 is 1.24 bits per heavy atom. The van der Waals surface area contributed by atoms with Crippen molar-refractivity contribution in [3.8, 4) is 0 Å². The fraction of sp³-hybridized carbons (Fsp3) is 0.560. The van der Waals surface area contributed by atoms with E-state index in [9.17, 15) is 4.79 Å². The Morgan fingerprint density at radius 2 is 2.00 bits per heavy atom. The van der Waals surface area contributed by atoms with Gasteiger partial charge in [-0.2, -0.15) is 0 Å². The second-order valence-electron chi connectivity index (χ2n) is 8.75. The minimum Gasteiger partial charge on any atom is -0.467 e. The monoisotopic (exact) mass is 397 g/mol. The second-order valence-corrected chi connectivity index (χ2v) is 8.75. The molecule has 4 heteroatoms. The lowest BCUT2D eigenvalue weighted by atomic mass is 9.68. The van der Waals surface area contributed by atoms with E-state index in [0.717, 1.165) is 38.2 Å². The van der Waals surface area contributed by atoms with Gasteiger partial charge in [-0.1, -0.05) is 50.6 Å². The number of carbonyl (C=O) groups is 1. The molecule has 2 aromatic rings. The number of hydrogen-bond acceptors (Lipinski definition) is 3. The van der Waals surface area contributed by atoms with Crippen molar-refractivity contribution in [2.24, 2.45) is 5.92 Å². The Morgan fingerprint density at radius 3 is 2.62 bits per heavy atom. The molecular formula is C25H35NO3. The summed E-state index contributed by atoms with van der Waals surface area (Å²) in [6, 6.07) is 12.8. The zero-order valence-electron chi connectivity index (χ0n) is 18.3. The smallest absolute Gasteiger partial charge is 0.222 e. The van der Waals surface area contributed by atoms with Gasteiger partial charge in [0.25, 0.3) is 0 Å². The van der Waals surface area contributed by atoms with Gasteiger partial charge in [0.1, 0.15) is 5.76 Å². The van der Waals surface area contributed by atoms with Crippen molar-refractivity contribution < 1.29 is 13.9 Å². The van der Waals surface area contributed by atoms with E-state index in [1.807, 2.05) is 24.0 Å². The van der Waals surface area contributed by atoms with Crippen molar-refractivity contribution >= 4 is 5.91 Å². The summed E-state index contributed by atoms with van der Waals surface area (Å²) in [5.41, 5.74) is 2.69. The lowest BCUT2D eigenvalue weighted by Crippen LogP contribution is -2.43. The SMILES string of the molecule is CCC(=O)N(CCC1(c2ccc(C)cc2)CCOC(C(C)C)C1)Cc1ccco1. The van der Waals surface area contributed by atoms with E-state index in [1.54, 1.807) is 6.26 Å². The summed E-state index contributed by atoms with van der Waals surface area (Å²) in [4.78, 5) is 14.6. The molecule has 0 saturated carbocycles. The standard InChI is InChI=1S/C25H35NO3/c1-5-24(27)26(18-22-7-6-15-28-22)14-12-25(21-10-8-20(4)9-11-21)13-16-29-23(17-25)19(2)3/h6-11,15,19,23H,5,12-14,16-18H2,1-4H3. The van der Waals surface area contributed by atoms with Crippen LogP contribution in [0.1, 0.15) is 63.3 Å². The first kappa shape index (κ1) is 21.6. The van der Waals surface area contributed by atoms with Crippen LogP contribution >= 0.6 is 0 Å². The molecule has 2 atom stereocenters. The van der Waals surface area contributed by atoms with Crippen LogP contribution in [0.25, 0.3) is 0 Å². The summed E-state index contributed by atoms with van der Waals surface area (Å²) in [5, 5.41) is 0. The molecule has 1 aromatic carbocycles. The third kappa shape index (κ3) is 5.30. The third-order valence-electron chi connectivity index (χ3n) is 6.35. The van der Waals surface area contributed by atoms with Crippen molar-refractivity contribution in [2.45, 2.75) is 71.4 Å². The molecule has 158 valence electrons. The molecule has 0 aliphatic carbocycles. The van der Waals surface area contributed by atoms with Crippen LogP contribution in [0.2, 0.25) is 0 Å². The van der Waals surface area contributed by atoms with E-state index < -0.39 is 0 Å². The molecule has 1 saturated heterocycles. The summed E-state index contributed by atoms with van der Waals surface area (Å²) in [6.07, 6.45) is 5.37. The Kier molecular flexibility index (Phi) is 7.18. The van der Waals surface area contributed by atoms with Crippen LogP contribution in [0.15, 0.2) is 47.1 Å². The molecule has 0 bridgehead atoms. The molecule has 1 aliphatic heterocycles. The Labute approximate surface area is 175 Å². The summed E-state index contributed by atoms with van der Waals surface area (Å²) >= 11 is 0. The lowest BCUT2D eigenvalue weighted by molar-refractivity contribution is -0.132. The number of nitrogens with zero attached hydrogens (tertiary/aromatic N) is 1. The van der Waals surface area contributed by atoms with Crippen molar-refractivity contribution in [1.82, 2.24) is 4.90 Å². The average molecular weight is 398 g/mol. The van der Waals surface area contributed by atoms with Gasteiger partial charge in [-0.15, -0.1) is 0 Å². The van der Waals surface area contributed by atoms with Crippen LogP contribution in [0.5, 0.6) is 0 Å². The Bertz CT molecular complexity index is 766. The maximum Gasteiger partial charge on any atom is 0.222 e. The number of aryl methyl sites for hydroxylation is 1. The van der Waals surface area contributed by atoms with E-state index in [2.05, 4.69) is 45.0 Å². The van der Waals surface area contributed by atoms with E-state index >= 15 is 0 Å². The maximum atomic E-state index is 12.6. The van der Waals surface area contributed by atoms with Gasteiger partial charge in [-0.3, -0.25) is 4.79 Å². The highest BCUT2D eigenvalue weighted by Crippen LogP contribution is 2.42. The number of rotatable bonds is 8. The summed E-state index contributed by atoms with van der Waals surface area (Å²) in [6.45, 7) is 10.6. The van der Waals surface area contributed by atoms with Crippen LogP contribution in [-0.2, 0) is 21.5 Å². The predicted octanol–water partition coefficient (Wildman–Crippen LogP) is 5.49. The third-order valence-corrected chi connectivity index (χ3v) is 6.35. The molecule has 0 radical (unpaired) electrons. The van der Waals surface area contributed by atoms with Crippen molar-refractivity contribution in [3.63, 3.8) is 0 Å². The van der Waals surface area contributed by atoms with Gasteiger partial charge in [0, 0.05) is 25.0 Å². The first-order valence-corrected chi connectivity index (χ1v) is 10.9. The number of amides is 1. The van der Waals surface area contributed by atoms with Gasteiger partial charge in [-0.05, 0) is 49.8 Å². The predicted molar refractivity (Wildman–Crippen MR) is 116 cm³/mol. The molecule has 1 fully saturated rings. The van der Waals surface area contributed by atoms with E-state index in [4.69, 9.17) is 9.15 Å². The first-order chi connectivity index (χ1) is 13.9. The molecule has 2 heterocycles. The average Bonchev–Trinajstić information content (AvgIpc) is 3.24. The quantitative estimate of drug-likeness (QED) is 0.591. The number of ether oxygens (including phenoxy) is 1. The normalized spacial score (nSPS) is 22.0. The molecule has 0 spiro atoms. The Hall–Kier alpha value is -2.07. The van der Waals surface area contributed by atoms with Gasteiger partial charge >= 0.3 is 0 Å². The van der Waals surface area contributed by atoms with Crippen LogP contribution in [0, 0.1) is 12.8 Å². The summed E-state index contributed by atoms with van der Waals surface area (Å²) in [7, 11) is 0. The zero-order valence-corrected chi connectivity index (χ0v) is 18.3. The topological polar surface area (TPSA) is 42.7 Å². The molecule has 29 heavy (non-hydrogen) atoms. The molecular weight excluding hydrogens is 362 g/mol. The summed E-state index contributed by atoms with van der Waals surface area (Å²) in [5.74, 6) is 1.49. The van der Waals surface area contributed by atoms with E-state index in [1.165, 1.54) is 11.1 Å². The van der Waals surface area contributed by atoms with Gasteiger partial charge in [0.2, 0.25) is 5.91 Å². The largest absolute Gasteiger partial charge is 0.467 e. The highest BCUT2D eigenvalue weighted by Gasteiger charge is 2.39. The molecule has 3 rings (SSSR count). The molecule has 1 aliphatic rings. The highest BCUT2D eigenvalue weighted by molar-refractivity contribution is 5.75. The van der Waals surface area contributed by atoms with Gasteiger partial charge in [-0.25, -0.2) is 0 Å². The van der Waals surface area contributed by atoms with Gasteiger partial charge in [0.05, 0.1) is 18.9 Å². The minimum atomic E-state index is 0.0380. The molecule has 1 aromatic heterocycles. The molecule has 1 amide bonds. The van der Waals surface area contributed by atoms with Crippen LogP contribution < -0.4 is 0 Å². The molecule has 0 N–H and O–H groups in total. The highest BCUT2D eigenvalue weighted by atomic mass is 16.5. The number of furan rings is 1. The molecule has 2 unspecified atom stereocenters. The maximum absolute atomic E-state index is 12.6. The van der Waals surface area contributed by atoms with Crippen LogP contribution in [0.4, 0.5) is 0 Å². The van der Waals surface area contributed by atoms with E-state index in [-0.39, 0.29) is 17.4 Å². The van der Waals surface area contributed by atoms with Gasteiger partial charge in [0.15, 0.2) is 0 Å². The van der Waals surface area contributed by atoms with Crippen molar-refractivity contribution in [2.75, 3.05) is 13.2 Å². The minimum absolute atomic E-state index is 0.0380. The fourth-order valence-corrected chi connectivity index (χ4v) is 4.38. The number of carbonyl (C=O) groups excluding carboxylic acids is 1. The van der Waals surface area contributed by atoms with Crippen LogP contribution in [-0.4, -0.2) is 30.1 Å².